The van der Waals surface area contributed by atoms with Gasteiger partial charge in [0, 0.05) is 13.1 Å². The monoisotopic (exact) mass is 248 g/mol. The van der Waals surface area contributed by atoms with E-state index >= 15 is 0 Å². The van der Waals surface area contributed by atoms with Crippen molar-refractivity contribution in [1.29, 1.82) is 5.26 Å². The highest BCUT2D eigenvalue weighted by Gasteiger charge is 2.24. The molecule has 1 aliphatic rings. The maximum Gasteiger partial charge on any atom is 0.123 e. The van der Waals surface area contributed by atoms with Crippen LogP contribution in [0.4, 0.5) is 4.39 Å². The summed E-state index contributed by atoms with van der Waals surface area (Å²) in [6.07, 6.45) is 2.75. The molecule has 18 heavy (non-hydrogen) atoms. The zero-order chi connectivity index (χ0) is 13.0. The Labute approximate surface area is 106 Å². The number of halogens is 1. The van der Waals surface area contributed by atoms with Gasteiger partial charge in [0.25, 0.3) is 0 Å². The summed E-state index contributed by atoms with van der Waals surface area (Å²) >= 11 is 0. The lowest BCUT2D eigenvalue weighted by molar-refractivity contribution is 0.131. The normalized spacial score (nSPS) is 22.9. The van der Waals surface area contributed by atoms with E-state index in [1.54, 1.807) is 0 Å². The van der Waals surface area contributed by atoms with Crippen LogP contribution in [-0.4, -0.2) is 17.8 Å². The first kappa shape index (κ1) is 13.0. The third-order valence-corrected chi connectivity index (χ3v) is 3.53. The molecule has 0 amide bonds. The van der Waals surface area contributed by atoms with Crippen LogP contribution in [0.15, 0.2) is 18.2 Å². The highest BCUT2D eigenvalue weighted by atomic mass is 19.1. The molecule has 2 unspecified atom stereocenters. The Bertz CT molecular complexity index is 456. The van der Waals surface area contributed by atoms with Gasteiger partial charge in [0.1, 0.15) is 5.82 Å². The topological polar surface area (TPSA) is 56.0 Å². The Morgan fingerprint density at radius 2 is 2.28 bits per heavy atom. The van der Waals surface area contributed by atoms with Gasteiger partial charge >= 0.3 is 0 Å². The van der Waals surface area contributed by atoms with Crippen molar-refractivity contribution in [2.24, 2.45) is 5.92 Å². The van der Waals surface area contributed by atoms with Crippen LogP contribution in [-0.2, 0) is 6.54 Å². The van der Waals surface area contributed by atoms with Crippen LogP contribution in [0.2, 0.25) is 0 Å². The predicted octanol–water partition coefficient (Wildman–Crippen LogP) is 1.95. The van der Waals surface area contributed by atoms with E-state index in [1.165, 1.54) is 18.2 Å². The zero-order valence-corrected chi connectivity index (χ0v) is 10.2. The number of rotatable bonds is 4. The molecule has 4 heteroatoms. The van der Waals surface area contributed by atoms with E-state index in [4.69, 9.17) is 5.26 Å². The van der Waals surface area contributed by atoms with Crippen LogP contribution >= 0.6 is 0 Å². The summed E-state index contributed by atoms with van der Waals surface area (Å²) in [5.74, 6) is -0.0456. The second-order valence-electron chi connectivity index (χ2n) is 4.80. The molecule has 0 aliphatic heterocycles. The van der Waals surface area contributed by atoms with Crippen molar-refractivity contribution < 1.29 is 9.50 Å². The minimum atomic E-state index is -0.327. The van der Waals surface area contributed by atoms with Gasteiger partial charge in [-0.3, -0.25) is 0 Å². The number of nitrogens with one attached hydrogen (secondary N) is 1. The molecule has 1 aromatic carbocycles. The predicted molar refractivity (Wildman–Crippen MR) is 66.2 cm³/mol. The van der Waals surface area contributed by atoms with Crippen LogP contribution in [0, 0.1) is 23.1 Å². The smallest absolute Gasteiger partial charge is 0.123 e. The van der Waals surface area contributed by atoms with Crippen LogP contribution < -0.4 is 5.32 Å². The number of hydrogen-bond acceptors (Lipinski definition) is 3. The summed E-state index contributed by atoms with van der Waals surface area (Å²) in [5, 5.41) is 21.8. The van der Waals surface area contributed by atoms with Crippen molar-refractivity contribution in [3.8, 4) is 6.07 Å². The summed E-state index contributed by atoms with van der Waals surface area (Å²) in [6.45, 7) is 1.17. The molecule has 0 bridgehead atoms. The fourth-order valence-electron chi connectivity index (χ4n) is 2.47. The first-order valence-electron chi connectivity index (χ1n) is 6.28. The standard InChI is InChI=1S/C14H17FN2O/c15-13-5-4-10(7-16)12(6-13)9-17-8-11-2-1-3-14(11)18/h4-6,11,14,17-18H,1-3,8-9H2. The molecule has 2 rings (SSSR count). The first-order valence-corrected chi connectivity index (χ1v) is 6.28. The van der Waals surface area contributed by atoms with Crippen molar-refractivity contribution in [1.82, 2.24) is 5.32 Å². The first-order chi connectivity index (χ1) is 8.70. The number of benzene rings is 1. The van der Waals surface area contributed by atoms with Gasteiger partial charge in [-0.25, -0.2) is 4.39 Å². The van der Waals surface area contributed by atoms with Crippen LogP contribution in [0.25, 0.3) is 0 Å². The average molecular weight is 248 g/mol. The molecule has 96 valence electrons. The minimum absolute atomic E-state index is 0.222. The number of hydrogen-bond donors (Lipinski definition) is 2. The summed E-state index contributed by atoms with van der Waals surface area (Å²) in [7, 11) is 0. The number of nitrogens with zero attached hydrogens (tertiary/aromatic N) is 1. The number of aliphatic hydroxyl groups excluding tert-OH is 1. The lowest BCUT2D eigenvalue weighted by atomic mass is 10.1. The van der Waals surface area contributed by atoms with Crippen molar-refractivity contribution >= 4 is 0 Å². The third kappa shape index (κ3) is 3.06. The lowest BCUT2D eigenvalue weighted by Crippen LogP contribution is -2.27. The van der Waals surface area contributed by atoms with E-state index in [9.17, 15) is 9.50 Å². The molecule has 1 aromatic rings. The maximum absolute atomic E-state index is 13.1. The van der Waals surface area contributed by atoms with Gasteiger partial charge in [-0.15, -0.1) is 0 Å². The SMILES string of the molecule is N#Cc1ccc(F)cc1CNCC1CCCC1O. The van der Waals surface area contributed by atoms with Gasteiger partial charge in [0.05, 0.1) is 17.7 Å². The fraction of sp³-hybridized carbons (Fsp3) is 0.500. The Balaban J connectivity index is 1.90. The Kier molecular flexibility index (Phi) is 4.29. The van der Waals surface area contributed by atoms with Crippen molar-refractivity contribution in [3.63, 3.8) is 0 Å². The van der Waals surface area contributed by atoms with Gasteiger partial charge < -0.3 is 10.4 Å². The number of aliphatic hydroxyl groups is 1. The molecular formula is C14H17FN2O. The van der Waals surface area contributed by atoms with Crippen LogP contribution in [0.5, 0.6) is 0 Å². The maximum atomic E-state index is 13.1. The third-order valence-electron chi connectivity index (χ3n) is 3.53. The Hall–Kier alpha value is -1.44. The van der Waals surface area contributed by atoms with Crippen LogP contribution in [0.3, 0.4) is 0 Å². The molecule has 3 nitrogen and oxygen atoms in total. The van der Waals surface area contributed by atoms with Gasteiger partial charge in [0.2, 0.25) is 0 Å². The largest absolute Gasteiger partial charge is 0.393 e. The Morgan fingerprint density at radius 3 is 2.94 bits per heavy atom. The van der Waals surface area contributed by atoms with Gasteiger partial charge in [-0.05, 0) is 42.5 Å². The van der Waals surface area contributed by atoms with E-state index in [0.29, 0.717) is 24.2 Å². The molecule has 1 fully saturated rings. The quantitative estimate of drug-likeness (QED) is 0.856. The average Bonchev–Trinajstić information content (AvgIpc) is 2.76. The molecule has 0 saturated heterocycles. The molecule has 1 saturated carbocycles. The highest BCUT2D eigenvalue weighted by molar-refractivity contribution is 5.37. The van der Waals surface area contributed by atoms with Crippen molar-refractivity contribution in [3.05, 3.63) is 35.1 Å². The van der Waals surface area contributed by atoms with Crippen molar-refractivity contribution in [2.75, 3.05) is 6.54 Å². The van der Waals surface area contributed by atoms with E-state index < -0.39 is 0 Å². The van der Waals surface area contributed by atoms with E-state index in [2.05, 4.69) is 11.4 Å². The van der Waals surface area contributed by atoms with E-state index in [-0.39, 0.29) is 17.8 Å². The molecule has 0 heterocycles. The summed E-state index contributed by atoms with van der Waals surface area (Å²) in [5.41, 5.74) is 1.17. The minimum Gasteiger partial charge on any atom is -0.393 e. The molecular weight excluding hydrogens is 231 g/mol. The molecule has 0 spiro atoms. The number of nitriles is 1. The molecule has 2 N–H and O–H groups in total. The van der Waals surface area contributed by atoms with E-state index in [1.807, 2.05) is 0 Å². The lowest BCUT2D eigenvalue weighted by Gasteiger charge is -2.15. The molecule has 1 aliphatic carbocycles. The molecule has 2 atom stereocenters. The second-order valence-corrected chi connectivity index (χ2v) is 4.80. The van der Waals surface area contributed by atoms with Gasteiger partial charge in [-0.1, -0.05) is 6.42 Å². The summed E-state index contributed by atoms with van der Waals surface area (Å²) < 4.78 is 13.1. The van der Waals surface area contributed by atoms with Gasteiger partial charge in [-0.2, -0.15) is 5.26 Å². The van der Waals surface area contributed by atoms with E-state index in [0.717, 1.165) is 19.3 Å². The fourth-order valence-corrected chi connectivity index (χ4v) is 2.47. The van der Waals surface area contributed by atoms with Gasteiger partial charge in [0.15, 0.2) is 0 Å². The zero-order valence-electron chi connectivity index (χ0n) is 10.2. The second kappa shape index (κ2) is 5.94. The molecule has 0 radical (unpaired) electrons. The Morgan fingerprint density at radius 1 is 1.44 bits per heavy atom. The van der Waals surface area contributed by atoms with Crippen LogP contribution in [0.1, 0.15) is 30.4 Å². The van der Waals surface area contributed by atoms with Crippen molar-refractivity contribution in [2.45, 2.75) is 31.9 Å². The summed E-state index contributed by atoms with van der Waals surface area (Å²) in [4.78, 5) is 0. The highest BCUT2D eigenvalue weighted by Crippen LogP contribution is 2.24. The molecule has 0 aromatic heterocycles. The summed E-state index contributed by atoms with van der Waals surface area (Å²) in [6, 6.07) is 6.23.